The standard InChI is InChI=1S/C14H17N3O3S/c1-14(2,3)17(13(19)20)7-12(18)16-10-8-21-11-4-5-15-6-9(10)11/h4-6,8H,7H2,1-3H3,(H,16,18)(H,19,20). The molecule has 6 nitrogen and oxygen atoms in total. The molecule has 0 unspecified atom stereocenters. The number of amides is 2. The van der Waals surface area contributed by atoms with Crippen molar-refractivity contribution in [2.24, 2.45) is 0 Å². The molecular weight excluding hydrogens is 290 g/mol. The quantitative estimate of drug-likeness (QED) is 0.913. The van der Waals surface area contributed by atoms with Crippen LogP contribution in [-0.4, -0.2) is 39.1 Å². The number of carbonyl (C=O) groups is 2. The number of anilines is 1. The van der Waals surface area contributed by atoms with Crippen LogP contribution in [0.4, 0.5) is 10.5 Å². The monoisotopic (exact) mass is 307 g/mol. The van der Waals surface area contributed by atoms with Crippen LogP contribution in [0.2, 0.25) is 0 Å². The summed E-state index contributed by atoms with van der Waals surface area (Å²) in [5, 5.41) is 14.6. The first kappa shape index (κ1) is 15.2. The first-order chi connectivity index (χ1) is 9.79. The van der Waals surface area contributed by atoms with Gasteiger partial charge in [0.2, 0.25) is 5.91 Å². The van der Waals surface area contributed by atoms with Gasteiger partial charge >= 0.3 is 6.09 Å². The molecule has 0 spiro atoms. The largest absolute Gasteiger partial charge is 0.465 e. The predicted molar refractivity (Wildman–Crippen MR) is 82.7 cm³/mol. The van der Waals surface area contributed by atoms with Gasteiger partial charge in [0.15, 0.2) is 0 Å². The van der Waals surface area contributed by atoms with E-state index in [9.17, 15) is 14.7 Å². The second-order valence-corrected chi connectivity index (χ2v) is 6.52. The van der Waals surface area contributed by atoms with E-state index in [-0.39, 0.29) is 12.5 Å². The number of hydrogen-bond acceptors (Lipinski definition) is 4. The number of fused-ring (bicyclic) bond motifs is 1. The van der Waals surface area contributed by atoms with Crippen LogP contribution in [0.15, 0.2) is 23.8 Å². The number of pyridine rings is 1. The van der Waals surface area contributed by atoms with E-state index in [4.69, 9.17) is 0 Å². The van der Waals surface area contributed by atoms with Crippen LogP contribution in [0.3, 0.4) is 0 Å². The predicted octanol–water partition coefficient (Wildman–Crippen LogP) is 3.01. The number of aromatic nitrogens is 1. The minimum Gasteiger partial charge on any atom is -0.465 e. The molecule has 2 aromatic heterocycles. The normalized spacial score (nSPS) is 11.4. The van der Waals surface area contributed by atoms with Crippen LogP contribution < -0.4 is 5.32 Å². The molecule has 0 saturated carbocycles. The lowest BCUT2D eigenvalue weighted by molar-refractivity contribution is -0.118. The van der Waals surface area contributed by atoms with Crippen LogP contribution in [0, 0.1) is 0 Å². The summed E-state index contributed by atoms with van der Waals surface area (Å²) in [6.07, 6.45) is 2.26. The first-order valence-corrected chi connectivity index (χ1v) is 7.28. The minimum absolute atomic E-state index is 0.212. The maximum atomic E-state index is 12.1. The van der Waals surface area contributed by atoms with Crippen molar-refractivity contribution in [1.29, 1.82) is 0 Å². The van der Waals surface area contributed by atoms with E-state index in [1.807, 2.05) is 11.4 Å². The van der Waals surface area contributed by atoms with E-state index in [1.54, 1.807) is 33.2 Å². The van der Waals surface area contributed by atoms with Crippen molar-refractivity contribution < 1.29 is 14.7 Å². The molecule has 112 valence electrons. The van der Waals surface area contributed by atoms with Gasteiger partial charge < -0.3 is 10.4 Å². The summed E-state index contributed by atoms with van der Waals surface area (Å²) in [4.78, 5) is 28.5. The summed E-state index contributed by atoms with van der Waals surface area (Å²) in [6, 6.07) is 1.87. The molecule has 0 aromatic carbocycles. The molecule has 2 heterocycles. The number of thiophene rings is 1. The maximum Gasteiger partial charge on any atom is 0.408 e. The molecule has 0 aliphatic rings. The number of carbonyl (C=O) groups excluding carboxylic acids is 1. The van der Waals surface area contributed by atoms with E-state index in [0.717, 1.165) is 15.0 Å². The van der Waals surface area contributed by atoms with Gasteiger partial charge in [-0.3, -0.25) is 14.7 Å². The van der Waals surface area contributed by atoms with E-state index < -0.39 is 11.6 Å². The molecule has 21 heavy (non-hydrogen) atoms. The Kier molecular flexibility index (Phi) is 4.13. The molecule has 2 N–H and O–H groups in total. The molecule has 0 atom stereocenters. The number of hydrogen-bond donors (Lipinski definition) is 2. The van der Waals surface area contributed by atoms with Gasteiger partial charge in [-0.15, -0.1) is 11.3 Å². The average Bonchev–Trinajstić information content (AvgIpc) is 2.78. The van der Waals surface area contributed by atoms with Gasteiger partial charge in [-0.25, -0.2) is 4.79 Å². The van der Waals surface area contributed by atoms with Gasteiger partial charge in [-0.05, 0) is 26.8 Å². The lowest BCUT2D eigenvalue weighted by Gasteiger charge is -2.32. The molecule has 7 heteroatoms. The summed E-state index contributed by atoms with van der Waals surface area (Å²) >= 11 is 1.50. The molecule has 0 aliphatic heterocycles. The van der Waals surface area contributed by atoms with Crippen molar-refractivity contribution in [3.63, 3.8) is 0 Å². The van der Waals surface area contributed by atoms with Crippen molar-refractivity contribution in [1.82, 2.24) is 9.88 Å². The minimum atomic E-state index is -1.12. The molecule has 0 aliphatic carbocycles. The summed E-state index contributed by atoms with van der Waals surface area (Å²) in [5.41, 5.74) is 0.0221. The lowest BCUT2D eigenvalue weighted by Crippen LogP contribution is -2.48. The number of nitrogens with one attached hydrogen (secondary N) is 1. The Morgan fingerprint density at radius 3 is 2.76 bits per heavy atom. The molecule has 0 bridgehead atoms. The molecule has 2 amide bonds. The fourth-order valence-electron chi connectivity index (χ4n) is 1.89. The zero-order valence-electron chi connectivity index (χ0n) is 12.1. The van der Waals surface area contributed by atoms with Crippen molar-refractivity contribution >= 4 is 39.1 Å². The van der Waals surface area contributed by atoms with Crippen LogP contribution in [0.25, 0.3) is 10.1 Å². The molecule has 0 fully saturated rings. The Balaban J connectivity index is 2.13. The van der Waals surface area contributed by atoms with Gasteiger partial charge in [0, 0.05) is 33.4 Å². The summed E-state index contributed by atoms with van der Waals surface area (Å²) in [5.74, 6) is -0.365. The molecule has 0 saturated heterocycles. The van der Waals surface area contributed by atoms with Gasteiger partial charge in [-0.2, -0.15) is 0 Å². The van der Waals surface area contributed by atoms with Gasteiger partial charge in [0.05, 0.1) is 5.69 Å². The first-order valence-electron chi connectivity index (χ1n) is 6.40. The van der Waals surface area contributed by atoms with Crippen LogP contribution in [-0.2, 0) is 4.79 Å². The highest BCUT2D eigenvalue weighted by atomic mass is 32.1. The van der Waals surface area contributed by atoms with Crippen molar-refractivity contribution in [2.75, 3.05) is 11.9 Å². The molecular formula is C14H17N3O3S. The Morgan fingerprint density at radius 1 is 1.43 bits per heavy atom. The van der Waals surface area contributed by atoms with Gasteiger partial charge in [0.1, 0.15) is 6.54 Å². The Bertz CT molecular complexity index is 675. The Morgan fingerprint density at radius 2 is 2.14 bits per heavy atom. The second kappa shape index (κ2) is 5.69. The fourth-order valence-corrected chi connectivity index (χ4v) is 2.75. The third-order valence-electron chi connectivity index (χ3n) is 2.99. The topological polar surface area (TPSA) is 82.5 Å². The fraction of sp³-hybridized carbons (Fsp3) is 0.357. The Hall–Kier alpha value is -2.15. The SMILES string of the molecule is CC(C)(C)N(CC(=O)Nc1csc2ccncc12)C(=O)O. The smallest absolute Gasteiger partial charge is 0.408 e. The van der Waals surface area contributed by atoms with Crippen molar-refractivity contribution in [2.45, 2.75) is 26.3 Å². The summed E-state index contributed by atoms with van der Waals surface area (Å²) in [7, 11) is 0. The number of carboxylic acid groups (broad SMARTS) is 1. The Labute approximate surface area is 126 Å². The number of rotatable bonds is 3. The highest BCUT2D eigenvalue weighted by molar-refractivity contribution is 7.17. The molecule has 0 radical (unpaired) electrons. The third-order valence-corrected chi connectivity index (χ3v) is 3.95. The number of nitrogens with zero attached hydrogens (tertiary/aromatic N) is 2. The van der Waals surface area contributed by atoms with E-state index >= 15 is 0 Å². The van der Waals surface area contributed by atoms with E-state index in [2.05, 4.69) is 10.3 Å². The van der Waals surface area contributed by atoms with Gasteiger partial charge in [0.25, 0.3) is 0 Å². The second-order valence-electron chi connectivity index (χ2n) is 5.61. The van der Waals surface area contributed by atoms with Crippen LogP contribution in [0.5, 0.6) is 0 Å². The van der Waals surface area contributed by atoms with Gasteiger partial charge in [-0.1, -0.05) is 0 Å². The van der Waals surface area contributed by atoms with Crippen molar-refractivity contribution in [3.05, 3.63) is 23.8 Å². The van der Waals surface area contributed by atoms with Crippen LogP contribution >= 0.6 is 11.3 Å². The zero-order chi connectivity index (χ0) is 15.6. The van der Waals surface area contributed by atoms with Crippen molar-refractivity contribution in [3.8, 4) is 0 Å². The molecule has 2 aromatic rings. The highest BCUT2D eigenvalue weighted by Gasteiger charge is 2.28. The summed E-state index contributed by atoms with van der Waals surface area (Å²) in [6.45, 7) is 5.03. The molecule has 2 rings (SSSR count). The average molecular weight is 307 g/mol. The zero-order valence-corrected chi connectivity index (χ0v) is 12.9. The lowest BCUT2D eigenvalue weighted by atomic mass is 10.1. The summed E-state index contributed by atoms with van der Waals surface area (Å²) < 4.78 is 1.02. The van der Waals surface area contributed by atoms with Crippen LogP contribution in [0.1, 0.15) is 20.8 Å². The van der Waals surface area contributed by atoms with E-state index in [0.29, 0.717) is 5.69 Å². The maximum absolute atomic E-state index is 12.1. The third kappa shape index (κ3) is 3.49. The highest BCUT2D eigenvalue weighted by Crippen LogP contribution is 2.29. The van der Waals surface area contributed by atoms with E-state index in [1.165, 1.54) is 11.3 Å².